The van der Waals surface area contributed by atoms with Crippen LogP contribution < -0.4 is 5.73 Å². The summed E-state index contributed by atoms with van der Waals surface area (Å²) in [7, 11) is 0. The molecule has 0 saturated heterocycles. The molecule has 104 valence electrons. The van der Waals surface area contributed by atoms with Crippen molar-refractivity contribution in [1.29, 1.82) is 0 Å². The molecular weight excluding hydrogens is 318 g/mol. The van der Waals surface area contributed by atoms with Crippen LogP contribution >= 0.6 is 15.9 Å². The summed E-state index contributed by atoms with van der Waals surface area (Å²) in [6, 6.07) is 2.04. The van der Waals surface area contributed by atoms with Crippen molar-refractivity contribution in [2.75, 3.05) is 5.73 Å². The molecule has 0 radical (unpaired) electrons. The van der Waals surface area contributed by atoms with E-state index >= 15 is 0 Å². The molecule has 0 aromatic carbocycles. The third-order valence-corrected chi connectivity index (χ3v) is 3.76. The summed E-state index contributed by atoms with van der Waals surface area (Å²) in [5.74, 6) is 0.641. The quantitative estimate of drug-likeness (QED) is 0.800. The number of aryl methyl sites for hydroxylation is 2. The lowest BCUT2D eigenvalue weighted by molar-refractivity contribution is 0.683. The van der Waals surface area contributed by atoms with Gasteiger partial charge in [0, 0.05) is 17.2 Å². The molecule has 0 fully saturated rings. The van der Waals surface area contributed by atoms with Gasteiger partial charge in [0.2, 0.25) is 0 Å². The molecule has 0 aliphatic rings. The Morgan fingerprint density at radius 2 is 2.20 bits per heavy atom. The molecule has 3 aromatic heterocycles. The highest BCUT2D eigenvalue weighted by Crippen LogP contribution is 2.29. The minimum Gasteiger partial charge on any atom is -0.383 e. The van der Waals surface area contributed by atoms with Crippen molar-refractivity contribution < 1.29 is 0 Å². The van der Waals surface area contributed by atoms with Crippen molar-refractivity contribution in [3.8, 4) is 11.4 Å². The number of hydrogen-bond donors (Lipinski definition) is 1. The van der Waals surface area contributed by atoms with Crippen LogP contribution in [0.25, 0.3) is 17.0 Å². The molecule has 0 spiro atoms. The molecule has 6 heteroatoms. The summed E-state index contributed by atoms with van der Waals surface area (Å²) >= 11 is 3.49. The lowest BCUT2D eigenvalue weighted by atomic mass is 10.3. The highest BCUT2D eigenvalue weighted by molar-refractivity contribution is 9.10. The molecule has 0 bridgehead atoms. The van der Waals surface area contributed by atoms with Crippen LogP contribution in [0.15, 0.2) is 29.3 Å². The number of anilines is 1. The van der Waals surface area contributed by atoms with Crippen LogP contribution in [0.3, 0.4) is 0 Å². The van der Waals surface area contributed by atoms with Crippen LogP contribution in [-0.4, -0.2) is 18.9 Å². The number of fused-ring (bicyclic) bond motifs is 1. The van der Waals surface area contributed by atoms with Crippen LogP contribution in [0.4, 0.5) is 5.82 Å². The smallest absolute Gasteiger partial charge is 0.142 e. The van der Waals surface area contributed by atoms with Crippen LogP contribution in [0.1, 0.15) is 18.9 Å². The van der Waals surface area contributed by atoms with E-state index in [0.29, 0.717) is 5.82 Å². The fraction of sp³-hybridized carbons (Fsp3) is 0.286. The maximum absolute atomic E-state index is 6.27. The first-order valence-electron chi connectivity index (χ1n) is 6.56. The standard InChI is InChI=1S/C14H16BrN5/c1-3-4-19-8-17-6-11(19)12-13(16)20-7-10(15)5-9(2)14(20)18-12/h5-8H,3-4,16H2,1-2H3. The average molecular weight is 334 g/mol. The van der Waals surface area contributed by atoms with Gasteiger partial charge in [-0.05, 0) is 40.9 Å². The summed E-state index contributed by atoms with van der Waals surface area (Å²) < 4.78 is 4.99. The van der Waals surface area contributed by atoms with Crippen LogP contribution in [0, 0.1) is 6.92 Å². The Kier molecular flexibility index (Phi) is 3.25. The minimum atomic E-state index is 0.641. The number of rotatable bonds is 3. The Labute approximate surface area is 125 Å². The molecule has 0 unspecified atom stereocenters. The third kappa shape index (κ3) is 2.00. The van der Waals surface area contributed by atoms with E-state index in [4.69, 9.17) is 10.7 Å². The van der Waals surface area contributed by atoms with Crippen LogP contribution in [0.2, 0.25) is 0 Å². The number of nitrogens with zero attached hydrogens (tertiary/aromatic N) is 4. The SMILES string of the molecule is CCCn1cncc1-c1nc2c(C)cc(Br)cn2c1N. The Balaban J connectivity index is 2.24. The first kappa shape index (κ1) is 13.2. The van der Waals surface area contributed by atoms with Gasteiger partial charge in [-0.3, -0.25) is 4.40 Å². The molecule has 3 heterocycles. The van der Waals surface area contributed by atoms with Gasteiger partial charge in [0.1, 0.15) is 17.2 Å². The summed E-state index contributed by atoms with van der Waals surface area (Å²) in [4.78, 5) is 8.91. The van der Waals surface area contributed by atoms with Gasteiger partial charge in [0.25, 0.3) is 0 Å². The minimum absolute atomic E-state index is 0.641. The Hall–Kier alpha value is -1.82. The van der Waals surface area contributed by atoms with Gasteiger partial charge in [-0.15, -0.1) is 0 Å². The first-order valence-corrected chi connectivity index (χ1v) is 7.35. The molecule has 2 N–H and O–H groups in total. The van der Waals surface area contributed by atoms with E-state index in [9.17, 15) is 0 Å². The van der Waals surface area contributed by atoms with Gasteiger partial charge in [0.15, 0.2) is 0 Å². The average Bonchev–Trinajstić information content (AvgIpc) is 2.96. The number of nitrogen functional groups attached to an aromatic ring is 1. The van der Waals surface area contributed by atoms with Crippen LogP contribution in [-0.2, 0) is 6.54 Å². The highest BCUT2D eigenvalue weighted by atomic mass is 79.9. The Morgan fingerprint density at radius 3 is 2.95 bits per heavy atom. The van der Waals surface area contributed by atoms with E-state index in [1.807, 2.05) is 36.1 Å². The number of aromatic nitrogens is 4. The largest absolute Gasteiger partial charge is 0.383 e. The maximum Gasteiger partial charge on any atom is 0.142 e. The predicted molar refractivity (Wildman–Crippen MR) is 83.6 cm³/mol. The van der Waals surface area contributed by atoms with Gasteiger partial charge < -0.3 is 10.3 Å². The zero-order chi connectivity index (χ0) is 14.3. The number of halogens is 1. The Morgan fingerprint density at radius 1 is 1.40 bits per heavy atom. The van der Waals surface area contributed by atoms with E-state index in [1.54, 1.807) is 0 Å². The summed E-state index contributed by atoms with van der Waals surface area (Å²) in [6.07, 6.45) is 6.62. The van der Waals surface area contributed by atoms with E-state index in [1.165, 1.54) is 0 Å². The van der Waals surface area contributed by atoms with E-state index < -0.39 is 0 Å². The molecule has 5 nitrogen and oxygen atoms in total. The molecule has 0 aliphatic carbocycles. The second kappa shape index (κ2) is 4.94. The molecule has 0 aliphatic heterocycles. The van der Waals surface area contributed by atoms with Gasteiger partial charge >= 0.3 is 0 Å². The molecule has 0 atom stereocenters. The molecule has 3 aromatic rings. The lowest BCUT2D eigenvalue weighted by Crippen LogP contribution is -2.00. The molecule has 0 saturated carbocycles. The van der Waals surface area contributed by atoms with E-state index in [0.717, 1.165) is 40.0 Å². The predicted octanol–water partition coefficient (Wildman–Crippen LogP) is 3.26. The normalized spacial score (nSPS) is 11.3. The molecule has 0 amide bonds. The first-order chi connectivity index (χ1) is 9.61. The number of nitrogens with two attached hydrogens (primary N) is 1. The topological polar surface area (TPSA) is 61.1 Å². The van der Waals surface area contributed by atoms with E-state index in [2.05, 4.69) is 32.4 Å². The van der Waals surface area contributed by atoms with Gasteiger partial charge in [-0.25, -0.2) is 9.97 Å². The van der Waals surface area contributed by atoms with Crippen molar-refractivity contribution in [3.63, 3.8) is 0 Å². The fourth-order valence-electron chi connectivity index (χ4n) is 2.41. The van der Waals surface area contributed by atoms with Crippen molar-refractivity contribution in [2.45, 2.75) is 26.8 Å². The summed E-state index contributed by atoms with van der Waals surface area (Å²) in [6.45, 7) is 5.07. The number of pyridine rings is 1. The molecular formula is C14H16BrN5. The maximum atomic E-state index is 6.27. The second-order valence-corrected chi connectivity index (χ2v) is 5.77. The van der Waals surface area contributed by atoms with Gasteiger partial charge in [0.05, 0.1) is 18.2 Å². The van der Waals surface area contributed by atoms with Gasteiger partial charge in [-0.2, -0.15) is 0 Å². The van der Waals surface area contributed by atoms with Crippen molar-refractivity contribution in [1.82, 2.24) is 18.9 Å². The van der Waals surface area contributed by atoms with E-state index in [-0.39, 0.29) is 0 Å². The van der Waals surface area contributed by atoms with Crippen molar-refractivity contribution >= 4 is 27.4 Å². The fourth-order valence-corrected chi connectivity index (χ4v) is 2.96. The zero-order valence-electron chi connectivity index (χ0n) is 11.5. The van der Waals surface area contributed by atoms with Crippen LogP contribution in [0.5, 0.6) is 0 Å². The summed E-state index contributed by atoms with van der Waals surface area (Å²) in [5.41, 5.74) is 9.98. The molecule has 20 heavy (non-hydrogen) atoms. The number of hydrogen-bond acceptors (Lipinski definition) is 3. The van der Waals surface area contributed by atoms with Gasteiger partial charge in [-0.1, -0.05) is 6.92 Å². The van der Waals surface area contributed by atoms with Crippen molar-refractivity contribution in [3.05, 3.63) is 34.8 Å². The second-order valence-electron chi connectivity index (χ2n) is 4.85. The zero-order valence-corrected chi connectivity index (χ0v) is 13.1. The Bertz CT molecular complexity index is 771. The molecule has 3 rings (SSSR count). The number of imidazole rings is 2. The third-order valence-electron chi connectivity index (χ3n) is 3.33. The summed E-state index contributed by atoms with van der Waals surface area (Å²) in [5, 5.41) is 0. The lowest BCUT2D eigenvalue weighted by Gasteiger charge is -2.04. The van der Waals surface area contributed by atoms with Crippen molar-refractivity contribution in [2.24, 2.45) is 0 Å². The monoisotopic (exact) mass is 333 g/mol. The highest BCUT2D eigenvalue weighted by Gasteiger charge is 2.16.